The van der Waals surface area contributed by atoms with E-state index in [4.69, 9.17) is 33.2 Å². The van der Waals surface area contributed by atoms with Gasteiger partial charge in [0.1, 0.15) is 24.1 Å². The smallest absolute Gasteiger partial charge is 0.336 e. The topological polar surface area (TPSA) is 203 Å². The minimum absolute atomic E-state index is 0.0203. The average Bonchev–Trinajstić information content (AvgIpc) is 3.74. The molecule has 3 saturated heterocycles. The molecule has 7 fully saturated rings. The standard InChI is InChI=1S/C51H78O14/c1-26(2)10-9-11-27(3)12-15-40-33(21-42(56)63-40)34-17-19-51(58)35-14-13-31-20-32(16-18-49(31,7)36(35)22-41(55)50(34,51)8)62-43-24-38(53)47(29(5)60-43)65-45-25-39(54)48(30(6)61-45)64-44-23-37(52)46(57)28(4)59-44/h10,12,15,21,28-32,34-39,41,43-48,52-55,57-58H,9,11,13-14,16-20,22-25H2,1-8H3/b27-12+,40-15-/t28-,29-,30-,31-,32+,34-,35-,36+,37+,38+,39+,41-,43+,44+,45+,46-,47-,48-,49+,50+,51+/m1/s1. The van der Waals surface area contributed by atoms with E-state index in [9.17, 15) is 35.4 Å². The fourth-order valence-corrected chi connectivity index (χ4v) is 13.8. The molecule has 366 valence electrons. The number of allylic oxidation sites excluding steroid dienone is 6. The predicted molar refractivity (Wildman–Crippen MR) is 238 cm³/mol. The van der Waals surface area contributed by atoms with Crippen LogP contribution < -0.4 is 0 Å². The van der Waals surface area contributed by atoms with Crippen LogP contribution in [0.3, 0.4) is 0 Å². The van der Waals surface area contributed by atoms with E-state index in [0.717, 1.165) is 50.5 Å². The van der Waals surface area contributed by atoms with Gasteiger partial charge in [-0.15, -0.1) is 0 Å². The van der Waals surface area contributed by atoms with Crippen LogP contribution >= 0.6 is 0 Å². The summed E-state index contributed by atoms with van der Waals surface area (Å²) in [6.45, 7) is 15.9. The third-order valence-electron chi connectivity index (χ3n) is 17.6. The predicted octanol–water partition coefficient (Wildman–Crippen LogP) is 5.79. The van der Waals surface area contributed by atoms with E-state index in [0.29, 0.717) is 30.9 Å². The van der Waals surface area contributed by atoms with Gasteiger partial charge >= 0.3 is 5.97 Å². The molecule has 14 nitrogen and oxygen atoms in total. The lowest BCUT2D eigenvalue weighted by Gasteiger charge is -2.65. The first kappa shape index (κ1) is 49.4. The molecule has 65 heavy (non-hydrogen) atoms. The Bertz CT molecular complexity index is 1810. The Balaban J connectivity index is 0.850. The van der Waals surface area contributed by atoms with Crippen molar-refractivity contribution < 1.29 is 68.6 Å². The summed E-state index contributed by atoms with van der Waals surface area (Å²) in [6.07, 6.45) is 5.99. The van der Waals surface area contributed by atoms with Gasteiger partial charge in [0.05, 0.1) is 54.4 Å². The van der Waals surface area contributed by atoms with Crippen molar-refractivity contribution in [3.8, 4) is 0 Å². The molecule has 8 rings (SSSR count). The normalized spacial score (nSPS) is 49.7. The van der Waals surface area contributed by atoms with Crippen molar-refractivity contribution >= 4 is 5.97 Å². The fraction of sp³-hybridized carbons (Fsp3) is 0.824. The van der Waals surface area contributed by atoms with Gasteiger partial charge in [-0.3, -0.25) is 0 Å². The highest BCUT2D eigenvalue weighted by Crippen LogP contribution is 2.70. The number of carbonyl (C=O) groups is 1. The molecule has 4 aliphatic carbocycles. The molecule has 21 atom stereocenters. The van der Waals surface area contributed by atoms with Gasteiger partial charge in [0.15, 0.2) is 18.9 Å². The Labute approximate surface area is 385 Å². The Kier molecular flexibility index (Phi) is 14.7. The molecule has 0 spiro atoms. The number of aliphatic hydroxyl groups is 6. The first-order valence-electron chi connectivity index (χ1n) is 24.7. The molecule has 0 amide bonds. The van der Waals surface area contributed by atoms with E-state index in [1.807, 2.05) is 26.0 Å². The minimum atomic E-state index is -1.09. The molecule has 0 aromatic rings. The van der Waals surface area contributed by atoms with Gasteiger partial charge in [0, 0.05) is 36.3 Å². The zero-order valence-corrected chi connectivity index (χ0v) is 39.8. The summed E-state index contributed by atoms with van der Waals surface area (Å²) >= 11 is 0. The van der Waals surface area contributed by atoms with Crippen molar-refractivity contribution in [1.29, 1.82) is 0 Å². The lowest BCUT2D eigenvalue weighted by molar-refractivity contribution is -0.336. The summed E-state index contributed by atoms with van der Waals surface area (Å²) in [5.41, 5.74) is 1.23. The van der Waals surface area contributed by atoms with Crippen LogP contribution in [0.2, 0.25) is 0 Å². The summed E-state index contributed by atoms with van der Waals surface area (Å²) < 4.78 is 42.8. The summed E-state index contributed by atoms with van der Waals surface area (Å²) in [7, 11) is 0. The third kappa shape index (κ3) is 9.52. The quantitative estimate of drug-likeness (QED) is 0.0826. The van der Waals surface area contributed by atoms with Crippen molar-refractivity contribution in [2.24, 2.45) is 34.5 Å². The second kappa shape index (κ2) is 19.4. The zero-order chi connectivity index (χ0) is 46.7. The van der Waals surface area contributed by atoms with Crippen molar-refractivity contribution in [1.82, 2.24) is 0 Å². The highest BCUT2D eigenvalue weighted by atomic mass is 16.7. The van der Waals surface area contributed by atoms with Crippen LogP contribution in [0.5, 0.6) is 0 Å². The van der Waals surface area contributed by atoms with Crippen LogP contribution in [0.15, 0.2) is 46.8 Å². The highest BCUT2D eigenvalue weighted by Gasteiger charge is 2.71. The van der Waals surface area contributed by atoms with Crippen LogP contribution in [-0.2, 0) is 38.0 Å². The number of fused-ring (bicyclic) bond motifs is 5. The van der Waals surface area contributed by atoms with E-state index < -0.39 is 96.9 Å². The maximum Gasteiger partial charge on any atom is 0.336 e. The van der Waals surface area contributed by atoms with E-state index in [-0.39, 0.29) is 48.5 Å². The number of esters is 1. The second-order valence-corrected chi connectivity index (χ2v) is 21.9. The van der Waals surface area contributed by atoms with E-state index >= 15 is 0 Å². The molecule has 0 bridgehead atoms. The van der Waals surface area contributed by atoms with E-state index in [1.54, 1.807) is 19.9 Å². The van der Waals surface area contributed by atoms with Crippen LogP contribution in [0.4, 0.5) is 0 Å². The summed E-state index contributed by atoms with van der Waals surface area (Å²) in [4.78, 5) is 12.8. The van der Waals surface area contributed by atoms with Crippen molar-refractivity contribution in [3.05, 3.63) is 46.8 Å². The minimum Gasteiger partial charge on any atom is -0.423 e. The van der Waals surface area contributed by atoms with E-state index in [2.05, 4.69) is 33.8 Å². The lowest BCUT2D eigenvalue weighted by atomic mass is 9.42. The number of carbonyl (C=O) groups excluding carboxylic acids is 1. The Hall–Kier alpha value is -2.05. The van der Waals surface area contributed by atoms with Crippen LogP contribution in [-0.4, -0.2) is 128 Å². The first-order chi connectivity index (χ1) is 30.7. The molecule has 4 saturated carbocycles. The summed E-state index contributed by atoms with van der Waals surface area (Å²) in [5.74, 6) is 0.400. The number of hydrogen-bond acceptors (Lipinski definition) is 14. The van der Waals surface area contributed by atoms with Gasteiger partial charge in [-0.1, -0.05) is 37.1 Å². The third-order valence-corrected chi connectivity index (χ3v) is 17.6. The maximum atomic E-state index is 13.0. The fourth-order valence-electron chi connectivity index (χ4n) is 13.8. The van der Waals surface area contributed by atoms with Crippen LogP contribution in [0.25, 0.3) is 0 Å². The first-order valence-corrected chi connectivity index (χ1v) is 24.7. The number of ether oxygens (including phenoxy) is 7. The SMILES string of the molecule is CC(C)=CCC/C(C)=C/C=C1\OC(=O)C=C1[C@H]1CC[C@]2(O)[C@@H]3CC[C@@H]4C[C@@H](O[C@H]5C[C@H](O)[C@H](O[C@H]6C[C@H](O)[C@H](O[C@H]7C[C@H](O)[C@H](O)[C@@H](C)O7)[C@@H](C)O6)[C@@H](C)O5)CC[C@]4(C)[C@H]3C[C@@H](O)[C@]12C. The highest BCUT2D eigenvalue weighted by molar-refractivity contribution is 5.88. The Morgan fingerprint density at radius 2 is 1.37 bits per heavy atom. The average molecular weight is 915 g/mol. The molecule has 0 aromatic carbocycles. The van der Waals surface area contributed by atoms with Crippen LogP contribution in [0.1, 0.15) is 139 Å². The summed E-state index contributed by atoms with van der Waals surface area (Å²) in [6, 6.07) is 0. The zero-order valence-electron chi connectivity index (χ0n) is 39.8. The molecular formula is C51H78O14. The molecule has 4 heterocycles. The second-order valence-electron chi connectivity index (χ2n) is 21.9. The summed E-state index contributed by atoms with van der Waals surface area (Å²) in [5, 5.41) is 67.9. The van der Waals surface area contributed by atoms with E-state index in [1.165, 1.54) is 11.1 Å². The van der Waals surface area contributed by atoms with Gasteiger partial charge < -0.3 is 63.8 Å². The lowest BCUT2D eigenvalue weighted by Crippen LogP contribution is -2.67. The molecular weight excluding hydrogens is 837 g/mol. The van der Waals surface area contributed by atoms with Gasteiger partial charge in [-0.25, -0.2) is 4.79 Å². The molecule has 0 unspecified atom stereocenters. The van der Waals surface area contributed by atoms with Crippen LogP contribution in [0, 0.1) is 34.5 Å². The molecule has 0 radical (unpaired) electrons. The Morgan fingerprint density at radius 1 is 0.754 bits per heavy atom. The Morgan fingerprint density at radius 3 is 1.98 bits per heavy atom. The van der Waals surface area contributed by atoms with Crippen molar-refractivity contribution in [2.75, 3.05) is 0 Å². The van der Waals surface area contributed by atoms with Crippen molar-refractivity contribution in [3.63, 3.8) is 0 Å². The monoisotopic (exact) mass is 915 g/mol. The molecule has 0 aromatic heterocycles. The maximum absolute atomic E-state index is 13.0. The van der Waals surface area contributed by atoms with Gasteiger partial charge in [-0.2, -0.15) is 0 Å². The molecule has 6 N–H and O–H groups in total. The molecule has 8 aliphatic rings. The molecule has 14 heteroatoms. The molecule has 4 aliphatic heterocycles. The number of rotatable bonds is 11. The largest absolute Gasteiger partial charge is 0.423 e. The number of aliphatic hydroxyl groups excluding tert-OH is 5. The van der Waals surface area contributed by atoms with Gasteiger partial charge in [0.25, 0.3) is 0 Å². The number of hydrogen-bond donors (Lipinski definition) is 6. The van der Waals surface area contributed by atoms with Gasteiger partial charge in [0.2, 0.25) is 0 Å². The van der Waals surface area contributed by atoms with Crippen molar-refractivity contribution in [2.45, 2.75) is 230 Å². The van der Waals surface area contributed by atoms with Gasteiger partial charge in [-0.05, 0) is 141 Å². The number of cyclic esters (lactones) is 1.